The molecule has 2 N–H and O–H groups in total. The van der Waals surface area contributed by atoms with Gasteiger partial charge in [-0.1, -0.05) is 30.3 Å². The highest BCUT2D eigenvalue weighted by Crippen LogP contribution is 2.17. The molecule has 1 aromatic heterocycles. The number of hydrogen-bond acceptors (Lipinski definition) is 3. The Bertz CT molecular complexity index is 857. The molecule has 0 saturated heterocycles. The monoisotopic (exact) mass is 315 g/mol. The van der Waals surface area contributed by atoms with Crippen molar-refractivity contribution >= 4 is 26.7 Å². The second-order valence-corrected chi connectivity index (χ2v) is 6.99. The van der Waals surface area contributed by atoms with Gasteiger partial charge in [0.2, 0.25) is 10.0 Å². The zero-order valence-electron chi connectivity index (χ0n) is 12.0. The molecule has 22 heavy (non-hydrogen) atoms. The Kier molecular flexibility index (Phi) is 4.11. The van der Waals surface area contributed by atoms with E-state index in [4.69, 9.17) is 0 Å². The number of rotatable bonds is 6. The van der Waals surface area contributed by atoms with Crippen molar-refractivity contribution in [1.82, 2.24) is 9.97 Å². The van der Waals surface area contributed by atoms with E-state index in [-0.39, 0.29) is 5.75 Å². The molecule has 3 aromatic rings. The molecular formula is C16H17N3O2S. The van der Waals surface area contributed by atoms with Gasteiger partial charge >= 0.3 is 0 Å². The number of aryl methyl sites for hydroxylation is 1. The SMILES string of the molecule is O=S(=O)(CCCc1ccccc1)Nc1ccc2nc[nH]c2c1. The van der Waals surface area contributed by atoms with Crippen molar-refractivity contribution < 1.29 is 8.42 Å². The molecule has 6 heteroatoms. The second-order valence-electron chi connectivity index (χ2n) is 5.14. The molecule has 0 radical (unpaired) electrons. The average molecular weight is 315 g/mol. The minimum atomic E-state index is -3.34. The summed E-state index contributed by atoms with van der Waals surface area (Å²) in [5.74, 6) is 0.100. The Balaban J connectivity index is 1.60. The second kappa shape index (κ2) is 6.19. The number of sulfonamides is 1. The maximum absolute atomic E-state index is 12.1. The molecule has 0 aliphatic rings. The number of nitrogens with one attached hydrogen (secondary N) is 2. The summed E-state index contributed by atoms with van der Waals surface area (Å²) in [4.78, 5) is 7.07. The van der Waals surface area contributed by atoms with Crippen molar-refractivity contribution in [1.29, 1.82) is 0 Å². The van der Waals surface area contributed by atoms with Gasteiger partial charge in [-0.2, -0.15) is 0 Å². The van der Waals surface area contributed by atoms with Gasteiger partial charge in [-0.25, -0.2) is 13.4 Å². The van der Waals surface area contributed by atoms with Gasteiger partial charge in [0.15, 0.2) is 0 Å². The topological polar surface area (TPSA) is 74.8 Å². The number of H-pyrrole nitrogens is 1. The van der Waals surface area contributed by atoms with Gasteiger partial charge in [-0.05, 0) is 36.6 Å². The first-order valence-corrected chi connectivity index (χ1v) is 8.75. The summed E-state index contributed by atoms with van der Waals surface area (Å²) in [7, 11) is -3.34. The lowest BCUT2D eigenvalue weighted by atomic mass is 10.1. The summed E-state index contributed by atoms with van der Waals surface area (Å²) in [5, 5.41) is 0. The van der Waals surface area contributed by atoms with E-state index in [1.165, 1.54) is 0 Å². The highest BCUT2D eigenvalue weighted by atomic mass is 32.2. The number of anilines is 1. The van der Waals surface area contributed by atoms with E-state index in [1.54, 1.807) is 24.5 Å². The Morgan fingerprint density at radius 1 is 1.09 bits per heavy atom. The fourth-order valence-electron chi connectivity index (χ4n) is 2.34. The van der Waals surface area contributed by atoms with Crippen LogP contribution in [0.4, 0.5) is 5.69 Å². The first-order chi connectivity index (χ1) is 10.6. The van der Waals surface area contributed by atoms with E-state index in [9.17, 15) is 8.42 Å². The lowest BCUT2D eigenvalue weighted by Gasteiger charge is -2.08. The van der Waals surface area contributed by atoms with Crippen LogP contribution in [0.5, 0.6) is 0 Å². The first kappa shape index (κ1) is 14.6. The Labute approximate surface area is 129 Å². The Hall–Kier alpha value is -2.34. The summed E-state index contributed by atoms with van der Waals surface area (Å²) in [6.07, 6.45) is 2.93. The van der Waals surface area contributed by atoms with Gasteiger partial charge in [0, 0.05) is 0 Å². The molecule has 0 saturated carbocycles. The van der Waals surface area contributed by atoms with E-state index in [1.807, 2.05) is 30.3 Å². The van der Waals surface area contributed by atoms with Crippen molar-refractivity contribution in [2.45, 2.75) is 12.8 Å². The van der Waals surface area contributed by atoms with Gasteiger partial charge < -0.3 is 4.98 Å². The van der Waals surface area contributed by atoms with Crippen LogP contribution in [0.25, 0.3) is 11.0 Å². The smallest absolute Gasteiger partial charge is 0.232 e. The number of fused-ring (bicyclic) bond motifs is 1. The van der Waals surface area contributed by atoms with Gasteiger partial charge in [-0.15, -0.1) is 0 Å². The fourth-order valence-corrected chi connectivity index (χ4v) is 3.45. The van der Waals surface area contributed by atoms with Crippen LogP contribution >= 0.6 is 0 Å². The standard InChI is InChI=1S/C16H17N3O2S/c20-22(21,10-4-7-13-5-2-1-3-6-13)19-14-8-9-15-16(11-14)18-12-17-15/h1-3,5-6,8-9,11-12,19H,4,7,10H2,(H,17,18). The van der Waals surface area contributed by atoms with Crippen LogP contribution < -0.4 is 4.72 Å². The molecule has 0 bridgehead atoms. The Morgan fingerprint density at radius 2 is 1.91 bits per heavy atom. The molecule has 0 spiro atoms. The Morgan fingerprint density at radius 3 is 2.73 bits per heavy atom. The molecule has 114 valence electrons. The molecule has 1 heterocycles. The summed E-state index contributed by atoms with van der Waals surface area (Å²) in [5.41, 5.74) is 3.32. The van der Waals surface area contributed by atoms with E-state index in [0.717, 1.165) is 23.0 Å². The number of aromatic amines is 1. The normalized spacial score (nSPS) is 11.6. The maximum atomic E-state index is 12.1. The lowest BCUT2D eigenvalue weighted by Crippen LogP contribution is -2.17. The number of imidazole rings is 1. The van der Waals surface area contributed by atoms with E-state index < -0.39 is 10.0 Å². The molecule has 0 amide bonds. The number of nitrogens with zero attached hydrogens (tertiary/aromatic N) is 1. The molecule has 0 unspecified atom stereocenters. The third-order valence-corrected chi connectivity index (χ3v) is 4.79. The van der Waals surface area contributed by atoms with Crippen molar-refractivity contribution in [3.05, 3.63) is 60.4 Å². The maximum Gasteiger partial charge on any atom is 0.232 e. The minimum absolute atomic E-state index is 0.100. The van der Waals surface area contributed by atoms with E-state index in [2.05, 4.69) is 14.7 Å². The van der Waals surface area contributed by atoms with E-state index in [0.29, 0.717) is 12.1 Å². The molecule has 0 aliphatic carbocycles. The third kappa shape index (κ3) is 3.65. The number of benzene rings is 2. The first-order valence-electron chi connectivity index (χ1n) is 7.10. The zero-order chi connectivity index (χ0) is 15.4. The van der Waals surface area contributed by atoms with Crippen LogP contribution in [0, 0.1) is 0 Å². The van der Waals surface area contributed by atoms with E-state index >= 15 is 0 Å². The van der Waals surface area contributed by atoms with Crippen molar-refractivity contribution in [3.8, 4) is 0 Å². The lowest BCUT2D eigenvalue weighted by molar-refractivity contribution is 0.598. The summed E-state index contributed by atoms with van der Waals surface area (Å²) < 4.78 is 26.9. The molecular weight excluding hydrogens is 298 g/mol. The highest BCUT2D eigenvalue weighted by Gasteiger charge is 2.11. The zero-order valence-corrected chi connectivity index (χ0v) is 12.8. The van der Waals surface area contributed by atoms with Crippen LogP contribution in [-0.4, -0.2) is 24.1 Å². The molecule has 0 fully saturated rings. The predicted octanol–water partition coefficient (Wildman–Crippen LogP) is 2.94. The number of hydrogen-bond donors (Lipinski definition) is 2. The van der Waals surface area contributed by atoms with Crippen LogP contribution in [0.3, 0.4) is 0 Å². The summed E-state index contributed by atoms with van der Waals surface area (Å²) in [6.45, 7) is 0. The third-order valence-electron chi connectivity index (χ3n) is 3.41. The van der Waals surface area contributed by atoms with Crippen LogP contribution in [-0.2, 0) is 16.4 Å². The average Bonchev–Trinajstić information content (AvgIpc) is 2.95. The van der Waals surface area contributed by atoms with Gasteiger partial charge in [-0.3, -0.25) is 4.72 Å². The summed E-state index contributed by atoms with van der Waals surface area (Å²) >= 11 is 0. The molecule has 3 rings (SSSR count). The largest absolute Gasteiger partial charge is 0.345 e. The quantitative estimate of drug-likeness (QED) is 0.734. The van der Waals surface area contributed by atoms with Gasteiger partial charge in [0.25, 0.3) is 0 Å². The van der Waals surface area contributed by atoms with Crippen molar-refractivity contribution in [2.24, 2.45) is 0 Å². The van der Waals surface area contributed by atoms with Crippen molar-refractivity contribution in [2.75, 3.05) is 10.5 Å². The van der Waals surface area contributed by atoms with Crippen molar-refractivity contribution in [3.63, 3.8) is 0 Å². The number of aromatic nitrogens is 2. The molecule has 2 aromatic carbocycles. The molecule has 5 nitrogen and oxygen atoms in total. The molecule has 0 atom stereocenters. The fraction of sp³-hybridized carbons (Fsp3) is 0.188. The highest BCUT2D eigenvalue weighted by molar-refractivity contribution is 7.92. The van der Waals surface area contributed by atoms with Crippen LogP contribution in [0.15, 0.2) is 54.9 Å². The van der Waals surface area contributed by atoms with Gasteiger partial charge in [0.05, 0.1) is 28.8 Å². The van der Waals surface area contributed by atoms with Crippen LogP contribution in [0.1, 0.15) is 12.0 Å². The van der Waals surface area contributed by atoms with Crippen LogP contribution in [0.2, 0.25) is 0 Å². The molecule has 0 aliphatic heterocycles. The van der Waals surface area contributed by atoms with Gasteiger partial charge in [0.1, 0.15) is 0 Å². The minimum Gasteiger partial charge on any atom is -0.345 e. The summed E-state index contributed by atoms with van der Waals surface area (Å²) in [6, 6.07) is 15.1. The predicted molar refractivity (Wildman–Crippen MR) is 88.3 cm³/mol.